The Bertz CT molecular complexity index is 772. The lowest BCUT2D eigenvalue weighted by Crippen LogP contribution is -2.44. The monoisotopic (exact) mass is 367 g/mol. The van der Waals surface area contributed by atoms with E-state index in [0.717, 1.165) is 19.6 Å². The van der Waals surface area contributed by atoms with Gasteiger partial charge in [0, 0.05) is 24.5 Å². The number of likely N-dealkylation sites (N-methyl/N-ethyl adjacent to an activating group) is 1. The fourth-order valence-corrected chi connectivity index (χ4v) is 3.30. The van der Waals surface area contributed by atoms with Gasteiger partial charge in [-0.25, -0.2) is 4.68 Å². The zero-order valence-electron chi connectivity index (χ0n) is 13.1. The van der Waals surface area contributed by atoms with Crippen LogP contribution in [0.25, 0.3) is 11.6 Å². The quantitative estimate of drug-likeness (QED) is 0.746. The van der Waals surface area contributed by atoms with Crippen molar-refractivity contribution < 1.29 is 4.52 Å². The van der Waals surface area contributed by atoms with E-state index >= 15 is 0 Å². The van der Waals surface area contributed by atoms with Gasteiger partial charge >= 0.3 is 0 Å². The smallest absolute Gasteiger partial charge is 0.280 e. The Morgan fingerprint density at radius 1 is 1.46 bits per heavy atom. The number of halogens is 1. The Morgan fingerprint density at radius 2 is 2.38 bits per heavy atom. The van der Waals surface area contributed by atoms with Gasteiger partial charge in [0.05, 0.1) is 18.8 Å². The molecule has 1 fully saturated rings. The summed E-state index contributed by atoms with van der Waals surface area (Å²) in [5, 5.41) is 17.8. The average Bonchev–Trinajstić information content (AvgIpc) is 3.29. The third-order valence-corrected chi connectivity index (χ3v) is 4.77. The van der Waals surface area contributed by atoms with E-state index < -0.39 is 0 Å². The highest BCUT2D eigenvalue weighted by Gasteiger charge is 2.26. The Balaban J connectivity index is 0.00000169. The lowest BCUT2D eigenvalue weighted by molar-refractivity contribution is 0.190. The molecular formula is C14H18ClN7OS. The lowest BCUT2D eigenvalue weighted by Gasteiger charge is -2.30. The molecule has 1 unspecified atom stereocenters. The van der Waals surface area contributed by atoms with Crippen LogP contribution in [0.4, 0.5) is 0 Å². The number of hydrogen-bond acceptors (Lipinski definition) is 8. The molecule has 4 rings (SSSR count). The zero-order chi connectivity index (χ0) is 15.6. The van der Waals surface area contributed by atoms with Gasteiger partial charge in [0.25, 0.3) is 5.89 Å². The molecule has 0 aromatic carbocycles. The number of nitrogens with one attached hydrogen (secondary N) is 1. The summed E-state index contributed by atoms with van der Waals surface area (Å²) in [7, 11) is 2.07. The predicted octanol–water partition coefficient (Wildman–Crippen LogP) is 1.44. The predicted molar refractivity (Wildman–Crippen MR) is 92.2 cm³/mol. The molecule has 1 aliphatic heterocycles. The maximum absolute atomic E-state index is 5.37. The molecular weight excluding hydrogens is 350 g/mol. The molecule has 24 heavy (non-hydrogen) atoms. The summed E-state index contributed by atoms with van der Waals surface area (Å²) in [6.07, 6.45) is 1.83. The van der Waals surface area contributed by atoms with Crippen LogP contribution in [0.15, 0.2) is 28.2 Å². The standard InChI is InChI=1S/C14H17N7OS.ClH/c1-20-5-4-15-7-12(20)13-16-14(22-18-13)11-9-21(19-17-11)8-10-3-2-6-23-10;/h2-3,6,9,12,15H,4-5,7-8H2,1H3;1H. The second-order valence-electron chi connectivity index (χ2n) is 5.54. The van der Waals surface area contributed by atoms with Crippen LogP contribution in [0.5, 0.6) is 0 Å². The molecule has 8 nitrogen and oxygen atoms in total. The Kier molecular flexibility index (Phi) is 5.24. The van der Waals surface area contributed by atoms with Gasteiger partial charge in [-0.05, 0) is 18.5 Å². The molecule has 0 aliphatic carbocycles. The number of hydrogen-bond donors (Lipinski definition) is 1. The molecule has 1 atom stereocenters. The zero-order valence-corrected chi connectivity index (χ0v) is 14.8. The Morgan fingerprint density at radius 3 is 3.17 bits per heavy atom. The van der Waals surface area contributed by atoms with Gasteiger partial charge < -0.3 is 9.84 Å². The molecule has 0 amide bonds. The third-order valence-electron chi connectivity index (χ3n) is 3.91. The van der Waals surface area contributed by atoms with Crippen molar-refractivity contribution in [1.29, 1.82) is 0 Å². The van der Waals surface area contributed by atoms with E-state index in [-0.39, 0.29) is 18.4 Å². The molecule has 0 spiro atoms. The number of rotatable bonds is 4. The van der Waals surface area contributed by atoms with E-state index in [2.05, 4.69) is 43.8 Å². The number of thiophene rings is 1. The summed E-state index contributed by atoms with van der Waals surface area (Å²) >= 11 is 1.69. The molecule has 3 aromatic heterocycles. The van der Waals surface area contributed by atoms with Gasteiger partial charge in [-0.15, -0.1) is 28.8 Å². The maximum atomic E-state index is 5.37. The van der Waals surface area contributed by atoms with E-state index in [1.165, 1.54) is 4.88 Å². The minimum atomic E-state index is 0. The lowest BCUT2D eigenvalue weighted by atomic mass is 10.2. The van der Waals surface area contributed by atoms with Crippen molar-refractivity contribution in [3.8, 4) is 11.6 Å². The summed E-state index contributed by atoms with van der Waals surface area (Å²) in [5.41, 5.74) is 0.603. The first-order valence-electron chi connectivity index (χ1n) is 7.47. The summed E-state index contributed by atoms with van der Waals surface area (Å²) in [5.74, 6) is 1.10. The topological polar surface area (TPSA) is 84.9 Å². The summed E-state index contributed by atoms with van der Waals surface area (Å²) in [6.45, 7) is 3.46. The summed E-state index contributed by atoms with van der Waals surface area (Å²) in [4.78, 5) is 7.94. The molecule has 0 saturated carbocycles. The normalized spacial score (nSPS) is 18.5. The van der Waals surface area contributed by atoms with Crippen LogP contribution in [0.1, 0.15) is 16.7 Å². The van der Waals surface area contributed by atoms with Gasteiger partial charge in [-0.1, -0.05) is 16.4 Å². The van der Waals surface area contributed by atoms with Crippen molar-refractivity contribution in [3.05, 3.63) is 34.4 Å². The van der Waals surface area contributed by atoms with Gasteiger partial charge in [0.1, 0.15) is 0 Å². The molecule has 4 heterocycles. The number of piperazine rings is 1. The van der Waals surface area contributed by atoms with E-state index in [0.29, 0.717) is 24.0 Å². The first-order valence-corrected chi connectivity index (χ1v) is 8.35. The van der Waals surface area contributed by atoms with E-state index in [1.54, 1.807) is 16.0 Å². The Labute approximate surface area is 149 Å². The van der Waals surface area contributed by atoms with Crippen LogP contribution < -0.4 is 5.32 Å². The fourth-order valence-electron chi connectivity index (χ4n) is 2.60. The largest absolute Gasteiger partial charge is 0.332 e. The molecule has 3 aromatic rings. The summed E-state index contributed by atoms with van der Waals surface area (Å²) < 4.78 is 7.15. The van der Waals surface area contributed by atoms with Crippen molar-refractivity contribution in [2.75, 3.05) is 26.7 Å². The highest BCUT2D eigenvalue weighted by Crippen LogP contribution is 2.21. The number of nitrogens with zero attached hydrogens (tertiary/aromatic N) is 6. The third kappa shape index (κ3) is 3.48. The van der Waals surface area contributed by atoms with Gasteiger partial charge in [-0.2, -0.15) is 4.98 Å². The average molecular weight is 368 g/mol. The molecule has 0 radical (unpaired) electrons. The highest BCUT2D eigenvalue weighted by molar-refractivity contribution is 7.09. The van der Waals surface area contributed by atoms with Crippen LogP contribution in [-0.2, 0) is 6.54 Å². The minimum absolute atomic E-state index is 0. The van der Waals surface area contributed by atoms with Crippen LogP contribution in [-0.4, -0.2) is 56.7 Å². The second-order valence-corrected chi connectivity index (χ2v) is 6.57. The molecule has 1 N–H and O–H groups in total. The van der Waals surface area contributed by atoms with Crippen molar-refractivity contribution in [2.45, 2.75) is 12.6 Å². The maximum Gasteiger partial charge on any atom is 0.280 e. The van der Waals surface area contributed by atoms with E-state index in [1.807, 2.05) is 17.6 Å². The molecule has 1 aliphatic rings. The van der Waals surface area contributed by atoms with Crippen molar-refractivity contribution in [3.63, 3.8) is 0 Å². The van der Waals surface area contributed by atoms with Crippen molar-refractivity contribution in [1.82, 2.24) is 35.4 Å². The minimum Gasteiger partial charge on any atom is -0.332 e. The first-order chi connectivity index (χ1) is 11.3. The van der Waals surface area contributed by atoms with E-state index in [9.17, 15) is 0 Å². The van der Waals surface area contributed by atoms with Gasteiger partial charge in [0.2, 0.25) is 0 Å². The van der Waals surface area contributed by atoms with Gasteiger partial charge in [0.15, 0.2) is 11.5 Å². The first kappa shape index (κ1) is 17.0. The summed E-state index contributed by atoms with van der Waals surface area (Å²) in [6, 6.07) is 4.22. The molecule has 128 valence electrons. The SMILES string of the molecule is CN1CCNCC1c1noc(-c2cn(Cc3cccs3)nn2)n1.Cl. The van der Waals surface area contributed by atoms with Crippen molar-refractivity contribution >= 4 is 23.7 Å². The molecule has 1 saturated heterocycles. The van der Waals surface area contributed by atoms with Crippen LogP contribution in [0.3, 0.4) is 0 Å². The van der Waals surface area contributed by atoms with E-state index in [4.69, 9.17) is 4.52 Å². The Hall–Kier alpha value is -1.81. The fraction of sp³-hybridized carbons (Fsp3) is 0.429. The van der Waals surface area contributed by atoms with Crippen LogP contribution >= 0.6 is 23.7 Å². The number of aromatic nitrogens is 5. The highest BCUT2D eigenvalue weighted by atomic mass is 35.5. The van der Waals surface area contributed by atoms with Crippen molar-refractivity contribution in [2.24, 2.45) is 0 Å². The second kappa shape index (κ2) is 7.39. The van der Waals surface area contributed by atoms with Crippen LogP contribution in [0.2, 0.25) is 0 Å². The van der Waals surface area contributed by atoms with Crippen LogP contribution in [0, 0.1) is 0 Å². The molecule has 10 heteroatoms. The van der Waals surface area contributed by atoms with Gasteiger partial charge in [-0.3, -0.25) is 4.90 Å². The molecule has 0 bridgehead atoms.